The molecule has 1 aromatic carbocycles. The Bertz CT molecular complexity index is 705. The van der Waals surface area contributed by atoms with Crippen LogP contribution in [0.3, 0.4) is 0 Å². The van der Waals surface area contributed by atoms with Crippen molar-refractivity contribution in [3.8, 4) is 17.0 Å². The topological polar surface area (TPSA) is 37.9 Å². The van der Waals surface area contributed by atoms with E-state index < -0.39 is 12.0 Å². The fourth-order valence-corrected chi connectivity index (χ4v) is 2.05. The Hall–Kier alpha value is -1.89. The molecule has 1 saturated carbocycles. The van der Waals surface area contributed by atoms with Crippen LogP contribution in [0.1, 0.15) is 18.7 Å². The molecule has 1 aromatic heterocycles. The maximum absolute atomic E-state index is 12.7. The first kappa shape index (κ1) is 14.1. The molecule has 0 radical (unpaired) electrons. The van der Waals surface area contributed by atoms with Gasteiger partial charge >= 0.3 is 6.18 Å². The van der Waals surface area contributed by atoms with Crippen molar-refractivity contribution in [2.45, 2.75) is 25.1 Å². The summed E-state index contributed by atoms with van der Waals surface area (Å²) >= 11 is 4.79. The Labute approximate surface area is 123 Å². The second-order valence-corrected chi connectivity index (χ2v) is 5.24. The molecule has 0 bridgehead atoms. The minimum Gasteiger partial charge on any atom is -0.490 e. The van der Waals surface area contributed by atoms with Crippen molar-refractivity contribution in [3.63, 3.8) is 0 Å². The summed E-state index contributed by atoms with van der Waals surface area (Å²) in [4.78, 5) is 5.58. The van der Waals surface area contributed by atoms with Gasteiger partial charge < -0.3 is 9.72 Å². The van der Waals surface area contributed by atoms with E-state index in [1.165, 1.54) is 6.07 Å². The number of alkyl halides is 3. The zero-order chi connectivity index (χ0) is 15.0. The highest BCUT2D eigenvalue weighted by Gasteiger charge is 2.34. The van der Waals surface area contributed by atoms with Crippen molar-refractivity contribution >= 4 is 12.2 Å². The van der Waals surface area contributed by atoms with E-state index >= 15 is 0 Å². The lowest BCUT2D eigenvalue weighted by Crippen LogP contribution is -2.11. The first-order valence-electron chi connectivity index (χ1n) is 6.37. The van der Waals surface area contributed by atoms with Gasteiger partial charge in [0.05, 0.1) is 6.10 Å². The molecule has 1 fully saturated rings. The van der Waals surface area contributed by atoms with E-state index in [4.69, 9.17) is 17.0 Å². The summed E-state index contributed by atoms with van der Waals surface area (Å²) in [6, 6.07) is 8.26. The van der Waals surface area contributed by atoms with Gasteiger partial charge in [-0.1, -0.05) is 12.2 Å². The third kappa shape index (κ3) is 3.41. The second kappa shape index (κ2) is 5.14. The monoisotopic (exact) mass is 312 g/mol. The first-order chi connectivity index (χ1) is 9.91. The number of aromatic nitrogens is 2. The van der Waals surface area contributed by atoms with Gasteiger partial charge in [0.25, 0.3) is 0 Å². The van der Waals surface area contributed by atoms with Crippen LogP contribution in [-0.2, 0) is 6.18 Å². The second-order valence-electron chi connectivity index (χ2n) is 4.82. The average Bonchev–Trinajstić information content (AvgIpc) is 3.22. The summed E-state index contributed by atoms with van der Waals surface area (Å²) < 4.78 is 43.6. The molecule has 0 atom stereocenters. The predicted molar refractivity (Wildman–Crippen MR) is 73.5 cm³/mol. The Morgan fingerprint density at radius 1 is 1.19 bits per heavy atom. The van der Waals surface area contributed by atoms with Gasteiger partial charge in [-0.3, -0.25) is 0 Å². The van der Waals surface area contributed by atoms with Crippen LogP contribution < -0.4 is 4.74 Å². The smallest absolute Gasteiger partial charge is 0.449 e. The van der Waals surface area contributed by atoms with E-state index in [-0.39, 0.29) is 16.4 Å². The van der Waals surface area contributed by atoms with Crippen molar-refractivity contribution in [1.82, 2.24) is 9.97 Å². The van der Waals surface area contributed by atoms with Crippen LogP contribution in [0.4, 0.5) is 13.2 Å². The molecule has 1 aliphatic rings. The third-order valence-electron chi connectivity index (χ3n) is 3.00. The zero-order valence-corrected chi connectivity index (χ0v) is 11.6. The van der Waals surface area contributed by atoms with Crippen LogP contribution >= 0.6 is 12.2 Å². The Morgan fingerprint density at radius 3 is 2.43 bits per heavy atom. The van der Waals surface area contributed by atoms with Gasteiger partial charge in [-0.05, 0) is 48.7 Å². The summed E-state index contributed by atoms with van der Waals surface area (Å²) in [5.74, 6) is -0.381. The highest BCUT2D eigenvalue weighted by molar-refractivity contribution is 7.71. The van der Waals surface area contributed by atoms with Gasteiger partial charge in [0.2, 0.25) is 5.82 Å². The summed E-state index contributed by atoms with van der Waals surface area (Å²) in [6.07, 6.45) is -2.18. The van der Waals surface area contributed by atoms with Gasteiger partial charge in [-0.15, -0.1) is 0 Å². The Balaban J connectivity index is 1.92. The van der Waals surface area contributed by atoms with Crippen LogP contribution in [-0.4, -0.2) is 16.1 Å². The molecule has 21 heavy (non-hydrogen) atoms. The van der Waals surface area contributed by atoms with Gasteiger partial charge in [-0.25, -0.2) is 4.98 Å². The maximum atomic E-state index is 12.7. The van der Waals surface area contributed by atoms with E-state index in [0.29, 0.717) is 11.3 Å². The first-order valence-corrected chi connectivity index (χ1v) is 6.78. The number of nitrogens with one attached hydrogen (secondary N) is 1. The van der Waals surface area contributed by atoms with Gasteiger partial charge in [0, 0.05) is 5.69 Å². The Morgan fingerprint density at radius 2 is 1.86 bits per heavy atom. The summed E-state index contributed by atoms with van der Waals surface area (Å²) in [7, 11) is 0. The van der Waals surface area contributed by atoms with Crippen LogP contribution in [0.5, 0.6) is 5.75 Å². The molecule has 0 amide bonds. The van der Waals surface area contributed by atoms with E-state index in [0.717, 1.165) is 12.8 Å². The number of benzene rings is 1. The van der Waals surface area contributed by atoms with Crippen molar-refractivity contribution in [2.24, 2.45) is 0 Å². The van der Waals surface area contributed by atoms with Crippen molar-refractivity contribution in [2.75, 3.05) is 0 Å². The minimum absolute atomic E-state index is 0.102. The average molecular weight is 312 g/mol. The van der Waals surface area contributed by atoms with Crippen molar-refractivity contribution < 1.29 is 17.9 Å². The van der Waals surface area contributed by atoms with Crippen LogP contribution in [0.25, 0.3) is 11.3 Å². The van der Waals surface area contributed by atoms with E-state index in [1.54, 1.807) is 24.3 Å². The van der Waals surface area contributed by atoms with Crippen LogP contribution in [0, 0.1) is 4.64 Å². The van der Waals surface area contributed by atoms with E-state index in [2.05, 4.69) is 9.97 Å². The summed E-state index contributed by atoms with van der Waals surface area (Å²) in [6.45, 7) is 0. The molecule has 1 N–H and O–H groups in total. The number of H-pyrrole nitrogens is 1. The molecular formula is C14H11F3N2OS. The molecule has 0 unspecified atom stereocenters. The van der Waals surface area contributed by atoms with Crippen molar-refractivity contribution in [3.05, 3.63) is 40.8 Å². The standard InChI is InChI=1S/C14H11F3N2OS/c15-14(16,17)13-18-11(7-12(21)19-13)8-1-3-9(4-2-8)20-10-5-6-10/h1-4,7,10H,5-6H2,(H,18,19,21). The molecule has 7 heteroatoms. The van der Waals surface area contributed by atoms with Gasteiger partial charge in [0.15, 0.2) is 0 Å². The number of aromatic amines is 1. The number of rotatable bonds is 3. The lowest BCUT2D eigenvalue weighted by molar-refractivity contribution is -0.144. The number of ether oxygens (including phenoxy) is 1. The molecule has 0 aliphatic heterocycles. The number of halogens is 3. The third-order valence-corrected chi connectivity index (χ3v) is 3.21. The van der Waals surface area contributed by atoms with E-state index in [9.17, 15) is 13.2 Å². The largest absolute Gasteiger partial charge is 0.490 e. The molecule has 2 aromatic rings. The molecule has 1 aliphatic carbocycles. The van der Waals surface area contributed by atoms with Gasteiger partial charge in [-0.2, -0.15) is 13.2 Å². The zero-order valence-electron chi connectivity index (χ0n) is 10.8. The fraction of sp³-hybridized carbons (Fsp3) is 0.286. The molecule has 1 heterocycles. The van der Waals surface area contributed by atoms with Gasteiger partial charge in [0.1, 0.15) is 10.4 Å². The number of hydrogen-bond acceptors (Lipinski definition) is 3. The van der Waals surface area contributed by atoms with Crippen molar-refractivity contribution in [1.29, 1.82) is 0 Å². The number of hydrogen-bond donors (Lipinski definition) is 1. The van der Waals surface area contributed by atoms with Crippen LogP contribution in [0.15, 0.2) is 30.3 Å². The lowest BCUT2D eigenvalue weighted by Gasteiger charge is -2.09. The maximum Gasteiger partial charge on any atom is 0.449 e. The minimum atomic E-state index is -4.56. The molecule has 0 saturated heterocycles. The van der Waals surface area contributed by atoms with Crippen LogP contribution in [0.2, 0.25) is 0 Å². The predicted octanol–water partition coefficient (Wildman–Crippen LogP) is 4.37. The highest BCUT2D eigenvalue weighted by atomic mass is 32.1. The normalized spacial score (nSPS) is 15.0. The highest BCUT2D eigenvalue weighted by Crippen LogP contribution is 2.30. The lowest BCUT2D eigenvalue weighted by atomic mass is 10.1. The summed E-state index contributed by atoms with van der Waals surface area (Å²) in [5.41, 5.74) is 0.873. The fourth-order valence-electron chi connectivity index (χ4n) is 1.84. The quantitative estimate of drug-likeness (QED) is 0.855. The molecule has 110 valence electrons. The Kier molecular flexibility index (Phi) is 3.44. The molecule has 3 nitrogen and oxygen atoms in total. The van der Waals surface area contributed by atoms with E-state index in [1.807, 2.05) is 0 Å². The molecule has 3 rings (SSSR count). The number of nitrogens with zero attached hydrogens (tertiary/aromatic N) is 1. The SMILES string of the molecule is FC(F)(F)c1nc(=S)cc(-c2ccc(OC3CC3)cc2)[nH]1. The molecule has 0 spiro atoms. The molecular weight excluding hydrogens is 301 g/mol. The summed E-state index contributed by atoms with van der Waals surface area (Å²) in [5, 5.41) is 0.